The van der Waals surface area contributed by atoms with E-state index in [1.54, 1.807) is 0 Å². The van der Waals surface area contributed by atoms with Gasteiger partial charge < -0.3 is 10.1 Å². The second-order valence-electron chi connectivity index (χ2n) is 7.89. The van der Waals surface area contributed by atoms with Gasteiger partial charge in [0.25, 0.3) is 0 Å². The Morgan fingerprint density at radius 2 is 1.65 bits per heavy atom. The molecule has 0 aliphatic rings. The summed E-state index contributed by atoms with van der Waals surface area (Å²) in [7, 11) is 0. The lowest BCUT2D eigenvalue weighted by Crippen LogP contribution is -2.23. The number of nitrogens with zero attached hydrogens (tertiary/aromatic N) is 3. The highest BCUT2D eigenvalue weighted by Gasteiger charge is 2.18. The molecule has 0 fully saturated rings. The Morgan fingerprint density at radius 3 is 2.23 bits per heavy atom. The Bertz CT molecular complexity index is 881. The minimum atomic E-state index is 0.149. The minimum Gasteiger partial charge on any atom is -0.398 e. The van der Waals surface area contributed by atoms with E-state index in [9.17, 15) is 0 Å². The fraction of sp³-hybridized carbons (Fsp3) is 0.409. The van der Waals surface area contributed by atoms with Crippen molar-refractivity contribution in [2.75, 3.05) is 18.8 Å². The van der Waals surface area contributed by atoms with Crippen LogP contribution in [0.3, 0.4) is 0 Å². The topological polar surface area (TPSA) is 46.6 Å². The van der Waals surface area contributed by atoms with Crippen LogP contribution in [0.2, 0.25) is 0 Å². The predicted molar refractivity (Wildman–Crippen MR) is 110 cm³/mol. The van der Waals surface area contributed by atoms with Crippen LogP contribution in [0.1, 0.15) is 45.9 Å². The van der Waals surface area contributed by atoms with Gasteiger partial charge in [0, 0.05) is 24.0 Å². The Morgan fingerprint density at radius 1 is 1.00 bits per heavy atom. The highest BCUT2D eigenvalue weighted by Crippen LogP contribution is 2.29. The predicted octanol–water partition coefficient (Wildman–Crippen LogP) is 4.72. The van der Waals surface area contributed by atoms with E-state index in [0.29, 0.717) is 0 Å². The third-order valence-corrected chi connectivity index (χ3v) is 5.03. The van der Waals surface area contributed by atoms with E-state index < -0.39 is 0 Å². The summed E-state index contributed by atoms with van der Waals surface area (Å²) < 4.78 is 2.14. The van der Waals surface area contributed by atoms with Crippen LogP contribution in [-0.2, 0) is 12.0 Å². The van der Waals surface area contributed by atoms with Crippen molar-refractivity contribution in [3.8, 4) is 11.3 Å². The molecule has 1 aromatic carbocycles. The summed E-state index contributed by atoms with van der Waals surface area (Å²) in [6.07, 6.45) is 1.98. The van der Waals surface area contributed by atoms with Gasteiger partial charge in [-0.3, -0.25) is 4.90 Å². The quantitative estimate of drug-likeness (QED) is 0.724. The Kier molecular flexibility index (Phi) is 5.05. The van der Waals surface area contributed by atoms with E-state index in [-0.39, 0.29) is 5.41 Å². The van der Waals surface area contributed by atoms with E-state index in [2.05, 4.69) is 68.2 Å². The minimum absolute atomic E-state index is 0.149. The molecule has 0 saturated heterocycles. The van der Waals surface area contributed by atoms with Gasteiger partial charge in [-0.2, -0.15) is 0 Å². The van der Waals surface area contributed by atoms with Crippen LogP contribution < -0.4 is 5.73 Å². The van der Waals surface area contributed by atoms with Gasteiger partial charge in [-0.15, -0.1) is 0 Å². The first-order chi connectivity index (χ1) is 12.3. The highest BCUT2D eigenvalue weighted by molar-refractivity contribution is 5.68. The molecule has 4 nitrogen and oxygen atoms in total. The monoisotopic (exact) mass is 350 g/mol. The summed E-state index contributed by atoms with van der Waals surface area (Å²) >= 11 is 0. The van der Waals surface area contributed by atoms with Crippen molar-refractivity contribution in [1.82, 2.24) is 14.3 Å². The first-order valence-corrected chi connectivity index (χ1v) is 9.43. The molecule has 0 unspecified atom stereocenters. The molecule has 3 aromatic rings. The van der Waals surface area contributed by atoms with E-state index in [0.717, 1.165) is 42.2 Å². The molecule has 0 bridgehead atoms. The number of pyridine rings is 1. The van der Waals surface area contributed by atoms with Crippen molar-refractivity contribution in [3.05, 3.63) is 53.9 Å². The van der Waals surface area contributed by atoms with Gasteiger partial charge in [-0.05, 0) is 36.2 Å². The molecule has 0 radical (unpaired) electrons. The molecule has 3 rings (SSSR count). The highest BCUT2D eigenvalue weighted by atomic mass is 15.1. The molecule has 0 aliphatic heterocycles. The van der Waals surface area contributed by atoms with Crippen LogP contribution in [0.5, 0.6) is 0 Å². The van der Waals surface area contributed by atoms with Crippen LogP contribution in [0.15, 0.2) is 42.6 Å². The average Bonchev–Trinajstić information content (AvgIpc) is 2.96. The van der Waals surface area contributed by atoms with Crippen molar-refractivity contribution in [2.45, 2.75) is 46.6 Å². The molecule has 0 aliphatic carbocycles. The maximum atomic E-state index is 6.04. The average molecular weight is 351 g/mol. The summed E-state index contributed by atoms with van der Waals surface area (Å²) in [5, 5.41) is 0. The molecule has 26 heavy (non-hydrogen) atoms. The second kappa shape index (κ2) is 7.12. The molecule has 0 atom stereocenters. The lowest BCUT2D eigenvalue weighted by Gasteiger charge is -2.20. The lowest BCUT2D eigenvalue weighted by atomic mass is 9.86. The fourth-order valence-electron chi connectivity index (χ4n) is 3.28. The molecule has 0 amide bonds. The third kappa shape index (κ3) is 3.61. The Balaban J connectivity index is 2.12. The van der Waals surface area contributed by atoms with Gasteiger partial charge in [0.15, 0.2) is 0 Å². The van der Waals surface area contributed by atoms with Crippen LogP contribution in [-0.4, -0.2) is 27.4 Å². The fourth-order valence-corrected chi connectivity index (χ4v) is 3.28. The van der Waals surface area contributed by atoms with E-state index in [4.69, 9.17) is 10.7 Å². The maximum Gasteiger partial charge on any atom is 0.137 e. The largest absolute Gasteiger partial charge is 0.398 e. The number of benzene rings is 1. The summed E-state index contributed by atoms with van der Waals surface area (Å²) in [6, 6.07) is 12.7. The van der Waals surface area contributed by atoms with Crippen molar-refractivity contribution >= 4 is 11.3 Å². The molecule has 0 saturated carbocycles. The number of hydrogen-bond donors (Lipinski definition) is 1. The van der Waals surface area contributed by atoms with Gasteiger partial charge in [0.2, 0.25) is 0 Å². The Labute approximate surface area is 156 Å². The molecule has 2 N–H and O–H groups in total. The molecular weight excluding hydrogens is 320 g/mol. The summed E-state index contributed by atoms with van der Waals surface area (Å²) in [5.41, 5.74) is 12.6. The van der Waals surface area contributed by atoms with Crippen molar-refractivity contribution in [2.24, 2.45) is 0 Å². The standard InChI is InChI=1S/C22H30N4/c1-6-25(7-2)15-19-21(24-20-13-12-18(23)14-26(19)20)16-8-10-17(11-9-16)22(3,4)5/h8-14H,6-7,15,23H2,1-5H3. The number of rotatable bonds is 5. The SMILES string of the molecule is CCN(CC)Cc1c(-c2ccc(C(C)(C)C)cc2)nc2ccc(N)cn12. The van der Waals surface area contributed by atoms with Gasteiger partial charge in [-0.1, -0.05) is 58.9 Å². The zero-order chi connectivity index (χ0) is 18.9. The summed E-state index contributed by atoms with van der Waals surface area (Å²) in [4.78, 5) is 7.32. The smallest absolute Gasteiger partial charge is 0.137 e. The third-order valence-electron chi connectivity index (χ3n) is 5.03. The molecule has 0 spiro atoms. The van der Waals surface area contributed by atoms with Crippen LogP contribution >= 0.6 is 0 Å². The maximum absolute atomic E-state index is 6.04. The van der Waals surface area contributed by atoms with E-state index >= 15 is 0 Å². The van der Waals surface area contributed by atoms with Crippen molar-refractivity contribution in [1.29, 1.82) is 0 Å². The number of anilines is 1. The van der Waals surface area contributed by atoms with Gasteiger partial charge >= 0.3 is 0 Å². The lowest BCUT2D eigenvalue weighted by molar-refractivity contribution is 0.292. The summed E-state index contributed by atoms with van der Waals surface area (Å²) in [6.45, 7) is 14.0. The van der Waals surface area contributed by atoms with Crippen LogP contribution in [0.25, 0.3) is 16.9 Å². The van der Waals surface area contributed by atoms with Crippen LogP contribution in [0.4, 0.5) is 5.69 Å². The first kappa shape index (κ1) is 18.5. The van der Waals surface area contributed by atoms with E-state index in [1.807, 2.05) is 18.3 Å². The normalized spacial score (nSPS) is 12.2. The number of imidazole rings is 1. The number of aromatic nitrogens is 2. The molecular formula is C22H30N4. The summed E-state index contributed by atoms with van der Waals surface area (Å²) in [5.74, 6) is 0. The number of fused-ring (bicyclic) bond motifs is 1. The van der Waals surface area contributed by atoms with Crippen LogP contribution in [0, 0.1) is 0 Å². The molecule has 4 heteroatoms. The number of nitrogens with two attached hydrogens (primary N) is 1. The molecule has 2 heterocycles. The second-order valence-corrected chi connectivity index (χ2v) is 7.89. The number of hydrogen-bond acceptors (Lipinski definition) is 3. The zero-order valence-corrected chi connectivity index (χ0v) is 16.6. The van der Waals surface area contributed by atoms with Crippen molar-refractivity contribution in [3.63, 3.8) is 0 Å². The first-order valence-electron chi connectivity index (χ1n) is 9.43. The Hall–Kier alpha value is -2.33. The van der Waals surface area contributed by atoms with Crippen molar-refractivity contribution < 1.29 is 0 Å². The van der Waals surface area contributed by atoms with Gasteiger partial charge in [0.05, 0.1) is 11.4 Å². The van der Waals surface area contributed by atoms with Gasteiger partial charge in [-0.25, -0.2) is 4.98 Å². The molecule has 2 aromatic heterocycles. The molecule has 138 valence electrons. The van der Waals surface area contributed by atoms with E-state index in [1.165, 1.54) is 11.3 Å². The number of nitrogen functional groups attached to an aromatic ring is 1. The zero-order valence-electron chi connectivity index (χ0n) is 16.6. The van der Waals surface area contributed by atoms with Gasteiger partial charge in [0.1, 0.15) is 5.65 Å².